The Labute approximate surface area is 182 Å². The average molecular weight is 453 g/mol. The predicted molar refractivity (Wildman–Crippen MR) is 119 cm³/mol. The van der Waals surface area contributed by atoms with E-state index >= 15 is 0 Å². The number of halogens is 1. The molecule has 6 nitrogen and oxygen atoms in total. The molecule has 0 radical (unpaired) electrons. The van der Waals surface area contributed by atoms with E-state index in [0.717, 1.165) is 22.5 Å². The molecular weight excluding hydrogens is 432 g/mol. The van der Waals surface area contributed by atoms with Crippen molar-refractivity contribution in [2.75, 3.05) is 32.8 Å². The van der Waals surface area contributed by atoms with Crippen LogP contribution in [0.2, 0.25) is 5.02 Å². The van der Waals surface area contributed by atoms with Gasteiger partial charge in [0.1, 0.15) is 5.75 Å². The number of hydrogen-bond acceptors (Lipinski definition) is 6. The number of rotatable bonds is 8. The number of thiazole rings is 1. The lowest BCUT2D eigenvalue weighted by atomic mass is 10.3. The minimum Gasteiger partial charge on any atom is -0.493 e. The molecule has 3 rings (SSSR count). The zero-order chi connectivity index (χ0) is 20.8. The normalized spacial score (nSPS) is 11.7. The van der Waals surface area contributed by atoms with E-state index in [1.165, 1.54) is 11.3 Å². The Morgan fingerprint density at radius 2 is 1.86 bits per heavy atom. The van der Waals surface area contributed by atoms with Crippen LogP contribution in [-0.4, -0.2) is 43.3 Å². The lowest BCUT2D eigenvalue weighted by Crippen LogP contribution is -2.20. The van der Waals surface area contributed by atoms with Gasteiger partial charge < -0.3 is 18.8 Å². The topological polar surface area (TPSA) is 62.0 Å². The summed E-state index contributed by atoms with van der Waals surface area (Å²) in [5, 5.41) is 0.610. The van der Waals surface area contributed by atoms with Crippen molar-refractivity contribution in [3.63, 3.8) is 0 Å². The SMILES string of the molecule is COc1cc2sc(=NC(=O)COc3ccc(Cl)cc3)n(CCSC)c2cc1OC. The van der Waals surface area contributed by atoms with Crippen LogP contribution in [0.1, 0.15) is 0 Å². The molecular formula is C20H21ClN2O4S2. The summed E-state index contributed by atoms with van der Waals surface area (Å²) < 4.78 is 19.3. The second-order valence-corrected chi connectivity index (χ2v) is 8.38. The number of hydrogen-bond donors (Lipinski definition) is 0. The first-order chi connectivity index (χ1) is 14.0. The first-order valence-corrected chi connectivity index (χ1v) is 11.3. The molecule has 0 aliphatic heterocycles. The molecule has 0 unspecified atom stereocenters. The Hall–Kier alpha value is -2.16. The molecule has 0 aliphatic carbocycles. The number of carbonyl (C=O) groups excluding carboxylic acids is 1. The van der Waals surface area contributed by atoms with Gasteiger partial charge in [-0.05, 0) is 30.5 Å². The highest BCUT2D eigenvalue weighted by molar-refractivity contribution is 7.98. The van der Waals surface area contributed by atoms with Crippen molar-refractivity contribution >= 4 is 50.8 Å². The highest BCUT2D eigenvalue weighted by Crippen LogP contribution is 2.33. The maximum absolute atomic E-state index is 12.4. The molecule has 0 aliphatic rings. The molecule has 0 atom stereocenters. The lowest BCUT2D eigenvalue weighted by Gasteiger charge is -2.09. The summed E-state index contributed by atoms with van der Waals surface area (Å²) in [5.74, 6) is 2.38. The standard InChI is InChI=1S/C20H21ClN2O4S2/c1-25-16-10-15-18(11-17(16)26-2)29-20(23(15)8-9-28-3)22-19(24)12-27-14-6-4-13(21)5-7-14/h4-7,10-11H,8-9,12H2,1-3H3. The van der Waals surface area contributed by atoms with Crippen molar-refractivity contribution in [1.29, 1.82) is 0 Å². The molecule has 9 heteroatoms. The molecule has 0 spiro atoms. The van der Waals surface area contributed by atoms with Crippen LogP contribution < -0.4 is 19.0 Å². The van der Waals surface area contributed by atoms with Crippen molar-refractivity contribution in [2.45, 2.75) is 6.54 Å². The Bertz CT molecular complexity index is 1060. The van der Waals surface area contributed by atoms with Crippen molar-refractivity contribution in [3.05, 3.63) is 46.2 Å². The third-order valence-electron chi connectivity index (χ3n) is 4.10. The molecule has 0 saturated carbocycles. The minimum atomic E-state index is -0.358. The van der Waals surface area contributed by atoms with E-state index in [-0.39, 0.29) is 12.5 Å². The Morgan fingerprint density at radius 3 is 2.52 bits per heavy atom. The van der Waals surface area contributed by atoms with Gasteiger partial charge in [0, 0.05) is 29.5 Å². The second-order valence-electron chi connectivity index (χ2n) is 5.95. The van der Waals surface area contributed by atoms with E-state index in [2.05, 4.69) is 4.99 Å². The molecule has 2 aromatic carbocycles. The van der Waals surface area contributed by atoms with Crippen LogP contribution in [0, 0.1) is 0 Å². The van der Waals surface area contributed by atoms with Gasteiger partial charge in [-0.15, -0.1) is 0 Å². The molecule has 0 fully saturated rings. The quantitative estimate of drug-likeness (QED) is 0.511. The molecule has 1 heterocycles. The number of nitrogens with zero attached hydrogens (tertiary/aromatic N) is 2. The van der Waals surface area contributed by atoms with Crippen LogP contribution >= 0.6 is 34.7 Å². The van der Waals surface area contributed by atoms with Gasteiger partial charge in [-0.3, -0.25) is 4.79 Å². The van der Waals surface area contributed by atoms with E-state index < -0.39 is 0 Å². The first-order valence-electron chi connectivity index (χ1n) is 8.76. The number of amides is 1. The molecule has 0 bridgehead atoms. The van der Waals surface area contributed by atoms with E-state index in [4.69, 9.17) is 25.8 Å². The molecule has 29 heavy (non-hydrogen) atoms. The fourth-order valence-corrected chi connectivity index (χ4v) is 4.27. The van der Waals surface area contributed by atoms with Crippen molar-refractivity contribution in [3.8, 4) is 17.2 Å². The summed E-state index contributed by atoms with van der Waals surface area (Å²) in [6.07, 6.45) is 2.04. The van der Waals surface area contributed by atoms with Crippen LogP contribution in [0.25, 0.3) is 10.2 Å². The van der Waals surface area contributed by atoms with Crippen LogP contribution in [0.5, 0.6) is 17.2 Å². The van der Waals surface area contributed by atoms with E-state index in [0.29, 0.717) is 27.1 Å². The van der Waals surface area contributed by atoms with Crippen molar-refractivity contribution < 1.29 is 19.0 Å². The predicted octanol–water partition coefficient (Wildman–Crippen LogP) is 4.24. The number of benzene rings is 2. The van der Waals surface area contributed by atoms with Crippen LogP contribution in [0.4, 0.5) is 0 Å². The summed E-state index contributed by atoms with van der Waals surface area (Å²) in [6, 6.07) is 10.7. The fourth-order valence-electron chi connectivity index (χ4n) is 2.70. The van der Waals surface area contributed by atoms with E-state index in [9.17, 15) is 4.79 Å². The number of aryl methyl sites for hydroxylation is 1. The van der Waals surface area contributed by atoms with E-state index in [1.807, 2.05) is 23.0 Å². The smallest absolute Gasteiger partial charge is 0.286 e. The van der Waals surface area contributed by atoms with Gasteiger partial charge in [0.15, 0.2) is 22.9 Å². The average Bonchev–Trinajstić information content (AvgIpc) is 3.06. The highest BCUT2D eigenvalue weighted by Gasteiger charge is 2.13. The summed E-state index contributed by atoms with van der Waals surface area (Å²) >= 11 is 9.02. The summed E-state index contributed by atoms with van der Waals surface area (Å²) in [5.41, 5.74) is 0.951. The summed E-state index contributed by atoms with van der Waals surface area (Å²) in [7, 11) is 3.20. The Morgan fingerprint density at radius 1 is 1.17 bits per heavy atom. The number of aromatic nitrogens is 1. The zero-order valence-electron chi connectivity index (χ0n) is 16.3. The summed E-state index contributed by atoms with van der Waals surface area (Å²) in [6.45, 7) is 0.575. The van der Waals surface area contributed by atoms with Crippen LogP contribution in [0.3, 0.4) is 0 Å². The number of ether oxygens (including phenoxy) is 3. The molecule has 0 saturated heterocycles. The van der Waals surface area contributed by atoms with Gasteiger partial charge in [-0.2, -0.15) is 16.8 Å². The molecule has 1 amide bonds. The van der Waals surface area contributed by atoms with Gasteiger partial charge in [-0.25, -0.2) is 0 Å². The fraction of sp³-hybridized carbons (Fsp3) is 0.300. The van der Waals surface area contributed by atoms with Crippen molar-refractivity contribution in [1.82, 2.24) is 4.57 Å². The second kappa shape index (κ2) is 10.0. The van der Waals surface area contributed by atoms with Gasteiger partial charge in [0.2, 0.25) is 0 Å². The van der Waals surface area contributed by atoms with Crippen molar-refractivity contribution in [2.24, 2.45) is 4.99 Å². The Kier molecular flexibility index (Phi) is 7.46. The van der Waals surface area contributed by atoms with Gasteiger partial charge in [0.05, 0.1) is 24.4 Å². The van der Waals surface area contributed by atoms with Crippen LogP contribution in [-0.2, 0) is 11.3 Å². The summed E-state index contributed by atoms with van der Waals surface area (Å²) in [4.78, 5) is 17.3. The maximum atomic E-state index is 12.4. The number of methoxy groups -OCH3 is 2. The van der Waals surface area contributed by atoms with E-state index in [1.54, 1.807) is 50.2 Å². The molecule has 154 valence electrons. The number of fused-ring (bicyclic) bond motifs is 1. The third kappa shape index (κ3) is 5.26. The maximum Gasteiger partial charge on any atom is 0.286 e. The third-order valence-corrected chi connectivity index (χ3v) is 5.99. The monoisotopic (exact) mass is 452 g/mol. The minimum absolute atomic E-state index is 0.148. The molecule has 3 aromatic rings. The largest absolute Gasteiger partial charge is 0.493 e. The highest BCUT2D eigenvalue weighted by atomic mass is 35.5. The Balaban J connectivity index is 1.92. The molecule has 1 aromatic heterocycles. The molecule has 0 N–H and O–H groups in total. The zero-order valence-corrected chi connectivity index (χ0v) is 18.7. The number of carbonyl (C=O) groups is 1. The van der Waals surface area contributed by atoms with Gasteiger partial charge in [-0.1, -0.05) is 22.9 Å². The lowest BCUT2D eigenvalue weighted by molar-refractivity contribution is -0.120. The van der Waals surface area contributed by atoms with Gasteiger partial charge in [0.25, 0.3) is 5.91 Å². The first kappa shape index (κ1) is 21.5. The van der Waals surface area contributed by atoms with Gasteiger partial charge >= 0.3 is 0 Å². The van der Waals surface area contributed by atoms with Crippen LogP contribution in [0.15, 0.2) is 41.4 Å². The number of thioether (sulfide) groups is 1.